The highest BCUT2D eigenvalue weighted by atomic mass is 19.1. The van der Waals surface area contributed by atoms with Crippen molar-refractivity contribution in [1.82, 2.24) is 10.8 Å². The number of benzene rings is 2. The van der Waals surface area contributed by atoms with Crippen LogP contribution in [0.15, 0.2) is 36.4 Å². The van der Waals surface area contributed by atoms with E-state index in [0.717, 1.165) is 23.8 Å². The minimum atomic E-state index is -0.772. The lowest BCUT2D eigenvalue weighted by Crippen LogP contribution is -2.43. The lowest BCUT2D eigenvalue weighted by molar-refractivity contribution is 0.137. The molecule has 0 bridgehead atoms. The zero-order valence-electron chi connectivity index (χ0n) is 12.4. The molecule has 0 radical (unpaired) electrons. The summed E-state index contributed by atoms with van der Waals surface area (Å²) < 4.78 is 37.7. The van der Waals surface area contributed by atoms with Gasteiger partial charge in [0.2, 0.25) is 0 Å². The lowest BCUT2D eigenvalue weighted by Gasteiger charge is -2.12. The molecule has 24 heavy (non-hydrogen) atoms. The number of hydrogen-bond donors (Lipinski definition) is 3. The molecule has 2 aromatic rings. The van der Waals surface area contributed by atoms with Crippen LogP contribution in [0.4, 0.5) is 13.6 Å². The predicted octanol–water partition coefficient (Wildman–Crippen LogP) is 2.49. The normalized spacial score (nSPS) is 15.4. The molecule has 2 aromatic carbocycles. The van der Waals surface area contributed by atoms with E-state index >= 15 is 0 Å². The van der Waals surface area contributed by atoms with Crippen LogP contribution in [0.25, 0.3) is 0 Å². The zero-order valence-corrected chi connectivity index (χ0v) is 12.4. The fourth-order valence-electron chi connectivity index (χ4n) is 2.37. The topological polar surface area (TPSA) is 79.8 Å². The Bertz CT molecular complexity index is 770. The van der Waals surface area contributed by atoms with Crippen molar-refractivity contribution in [3.05, 3.63) is 59.2 Å². The Morgan fingerprint density at radius 1 is 1.29 bits per heavy atom. The summed E-state index contributed by atoms with van der Waals surface area (Å²) in [5.74, 6) is -0.156. The first-order valence-electron chi connectivity index (χ1n) is 7.12. The molecule has 0 fully saturated rings. The van der Waals surface area contributed by atoms with Gasteiger partial charge in [0.15, 0.2) is 6.23 Å². The van der Waals surface area contributed by atoms with E-state index in [1.54, 1.807) is 18.2 Å². The Labute approximate surface area is 136 Å². The third kappa shape index (κ3) is 3.54. The average Bonchev–Trinajstić information content (AvgIpc) is 2.96. The van der Waals surface area contributed by atoms with Crippen LogP contribution in [-0.2, 0) is 13.0 Å². The second-order valence-corrected chi connectivity index (χ2v) is 5.19. The van der Waals surface area contributed by atoms with Crippen molar-refractivity contribution >= 4 is 6.03 Å². The standard InChI is InChI=1S/C16H14F2N2O4/c17-11-2-4-13(18)10(5-11)8-23-12-3-1-9-6-15(19-16(21)20-22)24-14(9)7-12/h1-5,7,15,22H,6,8H2,(H2,19,20,21). The van der Waals surface area contributed by atoms with Crippen molar-refractivity contribution in [2.75, 3.05) is 0 Å². The van der Waals surface area contributed by atoms with Gasteiger partial charge in [0.1, 0.15) is 29.7 Å². The number of halogens is 2. The van der Waals surface area contributed by atoms with Crippen LogP contribution in [0.2, 0.25) is 0 Å². The van der Waals surface area contributed by atoms with Gasteiger partial charge < -0.3 is 14.8 Å². The summed E-state index contributed by atoms with van der Waals surface area (Å²) >= 11 is 0. The van der Waals surface area contributed by atoms with Crippen molar-refractivity contribution in [2.45, 2.75) is 19.3 Å². The van der Waals surface area contributed by atoms with Crippen molar-refractivity contribution in [2.24, 2.45) is 0 Å². The molecule has 0 saturated heterocycles. The second-order valence-electron chi connectivity index (χ2n) is 5.19. The molecule has 0 aromatic heterocycles. The van der Waals surface area contributed by atoms with Gasteiger partial charge in [0.05, 0.1) is 0 Å². The van der Waals surface area contributed by atoms with Gasteiger partial charge in [-0.15, -0.1) is 0 Å². The molecular weight excluding hydrogens is 322 g/mol. The van der Waals surface area contributed by atoms with Gasteiger partial charge in [-0.05, 0) is 24.3 Å². The van der Waals surface area contributed by atoms with E-state index in [2.05, 4.69) is 5.32 Å². The Morgan fingerprint density at radius 3 is 2.92 bits per heavy atom. The largest absolute Gasteiger partial charge is 0.489 e. The molecule has 0 saturated carbocycles. The number of nitrogens with one attached hydrogen (secondary N) is 2. The van der Waals surface area contributed by atoms with Crippen LogP contribution in [0.3, 0.4) is 0 Å². The Balaban J connectivity index is 1.65. The molecule has 1 aliphatic heterocycles. The monoisotopic (exact) mass is 336 g/mol. The lowest BCUT2D eigenvalue weighted by atomic mass is 10.1. The van der Waals surface area contributed by atoms with Gasteiger partial charge in [0.25, 0.3) is 0 Å². The van der Waals surface area contributed by atoms with E-state index < -0.39 is 23.9 Å². The predicted molar refractivity (Wildman–Crippen MR) is 78.7 cm³/mol. The molecule has 126 valence electrons. The molecule has 1 unspecified atom stereocenters. The zero-order chi connectivity index (χ0) is 17.1. The van der Waals surface area contributed by atoms with E-state index in [1.807, 2.05) is 0 Å². The van der Waals surface area contributed by atoms with E-state index in [0.29, 0.717) is 17.9 Å². The van der Waals surface area contributed by atoms with Crippen LogP contribution in [0.5, 0.6) is 11.5 Å². The minimum Gasteiger partial charge on any atom is -0.489 e. The number of fused-ring (bicyclic) bond motifs is 1. The number of hydroxylamine groups is 1. The maximum atomic E-state index is 13.6. The van der Waals surface area contributed by atoms with Crippen LogP contribution >= 0.6 is 0 Å². The number of carbonyl (C=O) groups excluding carboxylic acids is 1. The molecule has 1 heterocycles. The van der Waals surface area contributed by atoms with Gasteiger partial charge in [-0.1, -0.05) is 6.07 Å². The highest BCUT2D eigenvalue weighted by Crippen LogP contribution is 2.32. The van der Waals surface area contributed by atoms with Crippen LogP contribution in [0.1, 0.15) is 11.1 Å². The van der Waals surface area contributed by atoms with Crippen molar-refractivity contribution in [3.63, 3.8) is 0 Å². The molecule has 0 aliphatic carbocycles. The number of ether oxygens (including phenoxy) is 2. The molecule has 3 rings (SSSR count). The molecule has 6 nitrogen and oxygen atoms in total. The summed E-state index contributed by atoms with van der Waals surface area (Å²) in [6.07, 6.45) is -0.176. The maximum absolute atomic E-state index is 13.6. The first kappa shape index (κ1) is 16.0. The third-order valence-corrected chi connectivity index (χ3v) is 3.51. The summed E-state index contributed by atoms with van der Waals surface area (Å²) in [5.41, 5.74) is 2.41. The molecular formula is C16H14F2N2O4. The summed E-state index contributed by atoms with van der Waals surface area (Å²) in [5, 5.41) is 10.9. The fraction of sp³-hybridized carbons (Fsp3) is 0.188. The van der Waals surface area contributed by atoms with E-state index in [4.69, 9.17) is 14.7 Å². The SMILES string of the molecule is O=C(NO)NC1Cc2ccc(OCc3cc(F)ccc3F)cc2O1. The van der Waals surface area contributed by atoms with Crippen molar-refractivity contribution in [3.8, 4) is 11.5 Å². The minimum absolute atomic E-state index is 0.107. The maximum Gasteiger partial charge on any atom is 0.341 e. The van der Waals surface area contributed by atoms with E-state index in [9.17, 15) is 13.6 Å². The summed E-state index contributed by atoms with van der Waals surface area (Å²) in [6, 6.07) is 7.42. The number of rotatable bonds is 4. The molecule has 1 atom stereocenters. The number of urea groups is 1. The van der Waals surface area contributed by atoms with Crippen molar-refractivity contribution < 1.29 is 28.3 Å². The van der Waals surface area contributed by atoms with Gasteiger partial charge in [0, 0.05) is 23.6 Å². The molecule has 3 N–H and O–H groups in total. The second kappa shape index (κ2) is 6.71. The molecule has 0 spiro atoms. The van der Waals surface area contributed by atoms with Crippen LogP contribution < -0.4 is 20.3 Å². The number of hydrogen-bond acceptors (Lipinski definition) is 4. The fourth-order valence-corrected chi connectivity index (χ4v) is 2.37. The van der Waals surface area contributed by atoms with Gasteiger partial charge in [-0.2, -0.15) is 0 Å². The number of carbonyl (C=O) groups is 1. The molecule has 2 amide bonds. The Kier molecular flexibility index (Phi) is 4.48. The van der Waals surface area contributed by atoms with E-state index in [-0.39, 0.29) is 12.2 Å². The first-order chi connectivity index (χ1) is 11.5. The summed E-state index contributed by atoms with van der Waals surface area (Å²) in [7, 11) is 0. The quantitative estimate of drug-likeness (QED) is 0.592. The third-order valence-electron chi connectivity index (χ3n) is 3.51. The Morgan fingerprint density at radius 2 is 2.12 bits per heavy atom. The summed E-state index contributed by atoms with van der Waals surface area (Å²) in [6.45, 7) is -0.128. The summed E-state index contributed by atoms with van der Waals surface area (Å²) in [4.78, 5) is 11.1. The number of amides is 2. The molecule has 1 aliphatic rings. The average molecular weight is 336 g/mol. The smallest absolute Gasteiger partial charge is 0.341 e. The Hall–Kier alpha value is -2.87. The highest BCUT2D eigenvalue weighted by molar-refractivity contribution is 5.72. The first-order valence-corrected chi connectivity index (χ1v) is 7.12. The van der Waals surface area contributed by atoms with Crippen LogP contribution in [-0.4, -0.2) is 17.5 Å². The van der Waals surface area contributed by atoms with Gasteiger partial charge >= 0.3 is 6.03 Å². The molecule has 8 heteroatoms. The van der Waals surface area contributed by atoms with Crippen molar-refractivity contribution in [1.29, 1.82) is 0 Å². The van der Waals surface area contributed by atoms with E-state index in [1.165, 1.54) is 5.48 Å². The van der Waals surface area contributed by atoms with Crippen LogP contribution in [0, 0.1) is 11.6 Å². The van der Waals surface area contributed by atoms with Gasteiger partial charge in [-0.25, -0.2) is 19.1 Å². The van der Waals surface area contributed by atoms with Gasteiger partial charge in [-0.3, -0.25) is 5.21 Å². The highest BCUT2D eigenvalue weighted by Gasteiger charge is 2.24.